The Morgan fingerprint density at radius 3 is 2.28 bits per heavy atom. The molecule has 2 aromatic rings. The molecular weight excluding hydrogens is 216 g/mol. The first-order chi connectivity index (χ1) is 8.81. The Balaban J connectivity index is 2.15. The molecular formula is C18H22. The molecule has 18 heavy (non-hydrogen) atoms. The van der Waals surface area contributed by atoms with Crippen LogP contribution in [-0.4, -0.2) is 0 Å². The van der Waals surface area contributed by atoms with E-state index in [1.54, 1.807) is 0 Å². The van der Waals surface area contributed by atoms with E-state index in [1.807, 2.05) is 0 Å². The Morgan fingerprint density at radius 2 is 1.61 bits per heavy atom. The molecule has 2 rings (SSSR count). The molecule has 0 radical (unpaired) electrons. The van der Waals surface area contributed by atoms with Crippen LogP contribution >= 0.6 is 0 Å². The van der Waals surface area contributed by atoms with Crippen LogP contribution in [0.2, 0.25) is 0 Å². The van der Waals surface area contributed by atoms with Gasteiger partial charge >= 0.3 is 0 Å². The predicted molar refractivity (Wildman–Crippen MR) is 79.8 cm³/mol. The van der Waals surface area contributed by atoms with Gasteiger partial charge in [-0.25, -0.2) is 0 Å². The second-order valence-corrected chi connectivity index (χ2v) is 4.96. The standard InChI is InChI=1S/C18H22/c1-3-4-6-9-16-12-13-18(14-15(16)2)17-10-7-5-8-11-17/h5,7-8,10-14H,3-4,6,9H2,1-2H3. The number of hydrogen-bond donors (Lipinski definition) is 0. The Kier molecular flexibility index (Phi) is 4.58. The van der Waals surface area contributed by atoms with E-state index in [4.69, 9.17) is 0 Å². The maximum atomic E-state index is 2.32. The van der Waals surface area contributed by atoms with Gasteiger partial charge in [-0.1, -0.05) is 68.3 Å². The summed E-state index contributed by atoms with van der Waals surface area (Å²) in [5.74, 6) is 0. The van der Waals surface area contributed by atoms with Gasteiger partial charge in [0, 0.05) is 0 Å². The van der Waals surface area contributed by atoms with Gasteiger partial charge in [0.2, 0.25) is 0 Å². The van der Waals surface area contributed by atoms with Crippen LogP contribution in [0.1, 0.15) is 37.3 Å². The van der Waals surface area contributed by atoms with Crippen LogP contribution in [-0.2, 0) is 6.42 Å². The van der Waals surface area contributed by atoms with Crippen molar-refractivity contribution in [3.8, 4) is 11.1 Å². The van der Waals surface area contributed by atoms with Crippen LogP contribution in [0.15, 0.2) is 48.5 Å². The average molecular weight is 238 g/mol. The van der Waals surface area contributed by atoms with E-state index < -0.39 is 0 Å². The summed E-state index contributed by atoms with van der Waals surface area (Å²) < 4.78 is 0. The minimum atomic E-state index is 1.22. The summed E-state index contributed by atoms with van der Waals surface area (Å²) in [6.45, 7) is 4.49. The highest BCUT2D eigenvalue weighted by Crippen LogP contribution is 2.23. The number of hydrogen-bond acceptors (Lipinski definition) is 0. The third kappa shape index (κ3) is 3.22. The van der Waals surface area contributed by atoms with Crippen molar-refractivity contribution in [3.63, 3.8) is 0 Å². The van der Waals surface area contributed by atoms with Crippen molar-refractivity contribution in [1.29, 1.82) is 0 Å². The topological polar surface area (TPSA) is 0 Å². The van der Waals surface area contributed by atoms with Crippen molar-refractivity contribution in [1.82, 2.24) is 0 Å². The second kappa shape index (κ2) is 6.39. The van der Waals surface area contributed by atoms with E-state index in [2.05, 4.69) is 62.4 Å². The second-order valence-electron chi connectivity index (χ2n) is 4.96. The summed E-state index contributed by atoms with van der Waals surface area (Å²) in [5, 5.41) is 0. The third-order valence-electron chi connectivity index (χ3n) is 3.50. The van der Waals surface area contributed by atoms with Gasteiger partial charge in [0.1, 0.15) is 0 Å². The first-order valence-corrected chi connectivity index (χ1v) is 6.96. The molecule has 94 valence electrons. The molecule has 0 aliphatic rings. The predicted octanol–water partition coefficient (Wildman–Crippen LogP) is 5.39. The molecule has 0 fully saturated rings. The Hall–Kier alpha value is -1.56. The van der Waals surface area contributed by atoms with E-state index in [1.165, 1.54) is 47.9 Å². The first-order valence-electron chi connectivity index (χ1n) is 6.96. The monoisotopic (exact) mass is 238 g/mol. The molecule has 2 aromatic carbocycles. The van der Waals surface area contributed by atoms with Crippen molar-refractivity contribution in [2.24, 2.45) is 0 Å². The van der Waals surface area contributed by atoms with Crippen molar-refractivity contribution < 1.29 is 0 Å². The molecule has 0 amide bonds. The fraction of sp³-hybridized carbons (Fsp3) is 0.333. The van der Waals surface area contributed by atoms with E-state index in [0.29, 0.717) is 0 Å². The van der Waals surface area contributed by atoms with Crippen LogP contribution in [0.4, 0.5) is 0 Å². The zero-order valence-corrected chi connectivity index (χ0v) is 11.4. The number of aryl methyl sites for hydroxylation is 2. The van der Waals surface area contributed by atoms with Gasteiger partial charge in [0.15, 0.2) is 0 Å². The number of rotatable bonds is 5. The fourth-order valence-corrected chi connectivity index (χ4v) is 2.35. The van der Waals surface area contributed by atoms with E-state index >= 15 is 0 Å². The molecule has 0 aromatic heterocycles. The van der Waals surface area contributed by atoms with E-state index in [-0.39, 0.29) is 0 Å². The molecule has 0 N–H and O–H groups in total. The van der Waals surface area contributed by atoms with Crippen LogP contribution in [0, 0.1) is 6.92 Å². The van der Waals surface area contributed by atoms with E-state index in [0.717, 1.165) is 0 Å². The van der Waals surface area contributed by atoms with E-state index in [9.17, 15) is 0 Å². The molecule has 0 heterocycles. The largest absolute Gasteiger partial charge is 0.0654 e. The first kappa shape index (κ1) is 12.9. The zero-order chi connectivity index (χ0) is 12.8. The summed E-state index contributed by atoms with van der Waals surface area (Å²) in [4.78, 5) is 0. The summed E-state index contributed by atoms with van der Waals surface area (Å²) in [7, 11) is 0. The number of benzene rings is 2. The van der Waals surface area contributed by atoms with Crippen LogP contribution in [0.5, 0.6) is 0 Å². The van der Waals surface area contributed by atoms with Gasteiger partial charge in [-0.15, -0.1) is 0 Å². The molecule has 0 unspecified atom stereocenters. The van der Waals surface area contributed by atoms with Gasteiger partial charge in [-0.05, 0) is 42.0 Å². The Labute approximate surface area is 111 Å². The Bertz CT molecular complexity index is 483. The van der Waals surface area contributed by atoms with Crippen LogP contribution in [0.3, 0.4) is 0 Å². The molecule has 0 nitrogen and oxygen atoms in total. The Morgan fingerprint density at radius 1 is 0.833 bits per heavy atom. The van der Waals surface area contributed by atoms with Crippen LogP contribution < -0.4 is 0 Å². The maximum absolute atomic E-state index is 2.32. The molecule has 0 atom stereocenters. The minimum Gasteiger partial charge on any atom is -0.0654 e. The number of unbranched alkanes of at least 4 members (excludes halogenated alkanes) is 2. The van der Waals surface area contributed by atoms with Gasteiger partial charge < -0.3 is 0 Å². The lowest BCUT2D eigenvalue weighted by Gasteiger charge is -2.08. The lowest BCUT2D eigenvalue weighted by atomic mass is 9.97. The van der Waals surface area contributed by atoms with Gasteiger partial charge in [0.25, 0.3) is 0 Å². The van der Waals surface area contributed by atoms with Gasteiger partial charge in [0.05, 0.1) is 0 Å². The molecule has 0 saturated heterocycles. The molecule has 0 aliphatic carbocycles. The SMILES string of the molecule is CCCCCc1ccc(-c2ccccc2)cc1C. The highest BCUT2D eigenvalue weighted by molar-refractivity contribution is 5.64. The molecule has 0 heteroatoms. The lowest BCUT2D eigenvalue weighted by Crippen LogP contribution is -1.91. The van der Waals surface area contributed by atoms with Gasteiger partial charge in [-0.2, -0.15) is 0 Å². The zero-order valence-electron chi connectivity index (χ0n) is 11.4. The van der Waals surface area contributed by atoms with Crippen molar-refractivity contribution in [2.45, 2.75) is 39.5 Å². The average Bonchev–Trinajstić information content (AvgIpc) is 2.42. The summed E-state index contributed by atoms with van der Waals surface area (Å²) in [6, 6.07) is 17.5. The maximum Gasteiger partial charge on any atom is -0.0181 e. The quantitative estimate of drug-likeness (QED) is 0.612. The third-order valence-corrected chi connectivity index (χ3v) is 3.50. The van der Waals surface area contributed by atoms with Crippen molar-refractivity contribution >= 4 is 0 Å². The molecule has 0 saturated carbocycles. The summed E-state index contributed by atoms with van der Waals surface area (Å²) in [5.41, 5.74) is 5.56. The molecule has 0 aliphatic heterocycles. The van der Waals surface area contributed by atoms with Crippen molar-refractivity contribution in [2.75, 3.05) is 0 Å². The normalized spacial score (nSPS) is 10.6. The summed E-state index contributed by atoms with van der Waals surface area (Å²) in [6.07, 6.45) is 5.15. The minimum absolute atomic E-state index is 1.22. The highest BCUT2D eigenvalue weighted by Gasteiger charge is 2.01. The summed E-state index contributed by atoms with van der Waals surface area (Å²) >= 11 is 0. The fourth-order valence-electron chi connectivity index (χ4n) is 2.35. The van der Waals surface area contributed by atoms with Crippen molar-refractivity contribution in [3.05, 3.63) is 59.7 Å². The smallest absolute Gasteiger partial charge is 0.0181 e. The van der Waals surface area contributed by atoms with Crippen LogP contribution in [0.25, 0.3) is 11.1 Å². The lowest BCUT2D eigenvalue weighted by molar-refractivity contribution is 0.715. The molecule has 0 spiro atoms. The molecule has 0 bridgehead atoms. The highest BCUT2D eigenvalue weighted by atomic mass is 14.1. The van der Waals surface area contributed by atoms with Gasteiger partial charge in [-0.3, -0.25) is 0 Å².